The molecule has 5 heteroatoms. The van der Waals surface area contributed by atoms with Gasteiger partial charge in [0.2, 0.25) is 0 Å². The van der Waals surface area contributed by atoms with Gasteiger partial charge in [-0.2, -0.15) is 0 Å². The van der Waals surface area contributed by atoms with Gasteiger partial charge in [0.1, 0.15) is 11.1 Å². The van der Waals surface area contributed by atoms with Gasteiger partial charge in [-0.1, -0.05) is 59.7 Å². The fraction of sp³-hybridized carbons (Fsp3) is 0.448. The molecule has 4 rings (SSSR count). The highest BCUT2D eigenvalue weighted by atomic mass is 16.4. The first-order valence-corrected chi connectivity index (χ1v) is 12.2. The molecule has 1 fully saturated rings. The van der Waals surface area contributed by atoms with Crippen molar-refractivity contribution in [1.29, 1.82) is 0 Å². The molecular formula is C29H36N2O3. The second-order valence-corrected chi connectivity index (χ2v) is 11.5. The second kappa shape index (κ2) is 9.03. The summed E-state index contributed by atoms with van der Waals surface area (Å²) in [5.41, 5.74) is 3.63. The maximum absolute atomic E-state index is 13.0. The summed E-state index contributed by atoms with van der Waals surface area (Å²) in [5, 5.41) is 3.63. The van der Waals surface area contributed by atoms with Gasteiger partial charge in [0, 0.05) is 23.2 Å². The summed E-state index contributed by atoms with van der Waals surface area (Å²) in [6.07, 6.45) is 2.52. The first-order chi connectivity index (χ1) is 15.9. The second-order valence-electron chi connectivity index (χ2n) is 11.5. The van der Waals surface area contributed by atoms with Crippen molar-refractivity contribution >= 4 is 22.6 Å². The van der Waals surface area contributed by atoms with Crippen LogP contribution in [-0.4, -0.2) is 23.9 Å². The van der Waals surface area contributed by atoms with Gasteiger partial charge in [-0.25, -0.2) is 4.79 Å². The molecule has 0 bridgehead atoms. The lowest BCUT2D eigenvalue weighted by molar-refractivity contribution is 0.102. The number of benzene rings is 2. The molecule has 0 radical (unpaired) electrons. The number of amides is 1. The van der Waals surface area contributed by atoms with Gasteiger partial charge in [0.15, 0.2) is 0 Å². The van der Waals surface area contributed by atoms with Gasteiger partial charge in [-0.15, -0.1) is 0 Å². The number of hydrogen-bond acceptors (Lipinski definition) is 4. The summed E-state index contributed by atoms with van der Waals surface area (Å²) >= 11 is 0. The van der Waals surface area contributed by atoms with Gasteiger partial charge in [0.05, 0.1) is 0 Å². The number of fused-ring (bicyclic) bond motifs is 1. The van der Waals surface area contributed by atoms with E-state index in [-0.39, 0.29) is 16.4 Å². The van der Waals surface area contributed by atoms with E-state index >= 15 is 0 Å². The Kier molecular flexibility index (Phi) is 6.43. The Morgan fingerprint density at radius 2 is 1.59 bits per heavy atom. The zero-order valence-corrected chi connectivity index (χ0v) is 21.2. The van der Waals surface area contributed by atoms with Crippen LogP contribution in [0.1, 0.15) is 81.4 Å². The summed E-state index contributed by atoms with van der Waals surface area (Å²) < 4.78 is 5.75. The van der Waals surface area contributed by atoms with Crippen LogP contribution in [0, 0.1) is 0 Å². The molecule has 1 saturated heterocycles. The molecule has 0 saturated carbocycles. The van der Waals surface area contributed by atoms with E-state index in [1.165, 1.54) is 18.4 Å². The standard InChI is InChI=1S/C29H36N2O3/c1-28(2,3)21-15-20-16-23(27(33)34-25(20)24(17-21)29(4,5)6)26(32)30-22-11-9-19(10-12-22)18-31-13-7-8-14-31/h9-12,15-17H,7-8,13-14,18H2,1-6H3,(H,30,32). The van der Waals surface area contributed by atoms with Crippen molar-refractivity contribution in [2.24, 2.45) is 0 Å². The van der Waals surface area contributed by atoms with Crippen LogP contribution >= 0.6 is 0 Å². The summed E-state index contributed by atoms with van der Waals surface area (Å²) in [4.78, 5) is 28.3. The lowest BCUT2D eigenvalue weighted by Gasteiger charge is -2.26. The van der Waals surface area contributed by atoms with E-state index in [1.54, 1.807) is 6.07 Å². The molecule has 1 aliphatic heterocycles. The van der Waals surface area contributed by atoms with Crippen LogP contribution in [0.2, 0.25) is 0 Å². The van der Waals surface area contributed by atoms with Gasteiger partial charge < -0.3 is 9.73 Å². The Hall–Kier alpha value is -2.92. The molecule has 1 aromatic heterocycles. The predicted molar refractivity (Wildman–Crippen MR) is 139 cm³/mol. The summed E-state index contributed by atoms with van der Waals surface area (Å²) in [6, 6.07) is 13.7. The molecule has 1 aliphatic rings. The minimum atomic E-state index is -0.621. The molecule has 0 unspecified atom stereocenters. The number of carbonyl (C=O) groups excluding carboxylic acids is 1. The Labute approximate surface area is 202 Å². The fourth-order valence-electron chi connectivity index (χ4n) is 4.47. The van der Waals surface area contributed by atoms with E-state index < -0.39 is 11.5 Å². The minimum absolute atomic E-state index is 0.0135. The van der Waals surface area contributed by atoms with Crippen LogP contribution in [0.3, 0.4) is 0 Å². The molecule has 34 heavy (non-hydrogen) atoms. The van der Waals surface area contributed by atoms with Crippen molar-refractivity contribution in [1.82, 2.24) is 4.90 Å². The van der Waals surface area contributed by atoms with Gasteiger partial charge in [-0.05, 0) is 72.2 Å². The predicted octanol–water partition coefficient (Wildman–Crippen LogP) is 6.24. The highest BCUT2D eigenvalue weighted by Gasteiger charge is 2.25. The molecule has 180 valence electrons. The van der Waals surface area contributed by atoms with Gasteiger partial charge >= 0.3 is 5.63 Å². The van der Waals surface area contributed by atoms with Crippen LogP contribution < -0.4 is 10.9 Å². The molecule has 1 N–H and O–H groups in total. The molecule has 1 amide bonds. The third-order valence-electron chi connectivity index (χ3n) is 6.57. The fourth-order valence-corrected chi connectivity index (χ4v) is 4.47. The van der Waals surface area contributed by atoms with Gasteiger partial charge in [-0.3, -0.25) is 9.69 Å². The third kappa shape index (κ3) is 5.25. The Balaban J connectivity index is 1.64. The third-order valence-corrected chi connectivity index (χ3v) is 6.57. The highest BCUT2D eigenvalue weighted by molar-refractivity contribution is 6.05. The van der Waals surface area contributed by atoms with Crippen molar-refractivity contribution in [2.45, 2.75) is 71.8 Å². The molecule has 2 heterocycles. The van der Waals surface area contributed by atoms with Crippen LogP contribution in [0.25, 0.3) is 11.0 Å². The van der Waals surface area contributed by atoms with Crippen LogP contribution in [0.4, 0.5) is 5.69 Å². The number of likely N-dealkylation sites (tertiary alicyclic amines) is 1. The van der Waals surface area contributed by atoms with Crippen LogP contribution in [0.5, 0.6) is 0 Å². The van der Waals surface area contributed by atoms with Crippen molar-refractivity contribution in [3.8, 4) is 0 Å². The number of rotatable bonds is 4. The van der Waals surface area contributed by atoms with E-state index in [1.807, 2.05) is 30.3 Å². The number of carbonyl (C=O) groups is 1. The van der Waals surface area contributed by atoms with Gasteiger partial charge in [0.25, 0.3) is 5.91 Å². The highest BCUT2D eigenvalue weighted by Crippen LogP contribution is 2.35. The van der Waals surface area contributed by atoms with E-state index in [0.29, 0.717) is 11.3 Å². The molecule has 5 nitrogen and oxygen atoms in total. The Morgan fingerprint density at radius 3 is 2.18 bits per heavy atom. The van der Waals surface area contributed by atoms with Crippen molar-refractivity contribution in [3.63, 3.8) is 0 Å². The number of nitrogens with one attached hydrogen (secondary N) is 1. The monoisotopic (exact) mass is 460 g/mol. The van der Waals surface area contributed by atoms with E-state index in [4.69, 9.17) is 4.42 Å². The maximum atomic E-state index is 13.0. The molecular weight excluding hydrogens is 424 g/mol. The zero-order chi connectivity index (χ0) is 24.7. The molecule has 3 aromatic rings. The maximum Gasteiger partial charge on any atom is 0.349 e. The van der Waals surface area contributed by atoms with Crippen LogP contribution in [-0.2, 0) is 17.4 Å². The lowest BCUT2D eigenvalue weighted by Crippen LogP contribution is -2.22. The minimum Gasteiger partial charge on any atom is -0.422 e. The summed E-state index contributed by atoms with van der Waals surface area (Å²) in [6.45, 7) is 16.0. The average Bonchev–Trinajstić information content (AvgIpc) is 3.25. The topological polar surface area (TPSA) is 62.6 Å². The normalized spacial score (nSPS) is 15.1. The molecule has 0 spiro atoms. The van der Waals surface area contributed by atoms with Crippen molar-refractivity contribution in [2.75, 3.05) is 18.4 Å². The number of hydrogen-bond donors (Lipinski definition) is 1. The van der Waals surface area contributed by atoms with Crippen LogP contribution in [0.15, 0.2) is 51.7 Å². The smallest absolute Gasteiger partial charge is 0.349 e. The summed E-state index contributed by atoms with van der Waals surface area (Å²) in [5.74, 6) is -0.457. The largest absolute Gasteiger partial charge is 0.422 e. The van der Waals surface area contributed by atoms with Crippen molar-refractivity contribution in [3.05, 3.63) is 75.1 Å². The number of anilines is 1. The average molecular weight is 461 g/mol. The Bertz CT molecular complexity index is 1250. The van der Waals surface area contributed by atoms with E-state index in [2.05, 4.69) is 57.8 Å². The lowest BCUT2D eigenvalue weighted by atomic mass is 9.79. The number of nitrogens with zero attached hydrogens (tertiary/aromatic N) is 1. The first kappa shape index (κ1) is 24.2. The van der Waals surface area contributed by atoms with E-state index in [0.717, 1.165) is 36.1 Å². The molecule has 0 atom stereocenters. The quantitative estimate of drug-likeness (QED) is 0.468. The Morgan fingerprint density at radius 1 is 0.941 bits per heavy atom. The SMILES string of the molecule is CC(C)(C)c1cc(C(C)(C)C)c2oc(=O)c(C(=O)Nc3ccc(CN4CCCC4)cc3)cc2c1. The summed E-state index contributed by atoms with van der Waals surface area (Å²) in [7, 11) is 0. The zero-order valence-electron chi connectivity index (χ0n) is 21.2. The van der Waals surface area contributed by atoms with E-state index in [9.17, 15) is 9.59 Å². The molecule has 0 aliphatic carbocycles. The van der Waals surface area contributed by atoms with Crippen molar-refractivity contribution < 1.29 is 9.21 Å². The first-order valence-electron chi connectivity index (χ1n) is 12.2. The molecule has 2 aromatic carbocycles.